The minimum Gasteiger partial charge on any atom is -0.366 e. The van der Waals surface area contributed by atoms with Crippen LogP contribution in [-0.4, -0.2) is 14.6 Å². The Labute approximate surface area is 161 Å². The maximum absolute atomic E-state index is 8.92. The van der Waals surface area contributed by atoms with Crippen LogP contribution < -0.4 is 5.32 Å². The second kappa shape index (κ2) is 7.46. The Morgan fingerprint density at radius 3 is 2.69 bits per heavy atom. The fraction of sp³-hybridized carbons (Fsp3) is 0.350. The van der Waals surface area contributed by atoms with Crippen molar-refractivity contribution in [3.05, 3.63) is 57.8 Å². The highest BCUT2D eigenvalue weighted by molar-refractivity contribution is 9.10. The summed E-state index contributed by atoms with van der Waals surface area (Å²) in [5.41, 5.74) is 3.81. The third kappa shape index (κ3) is 3.45. The topological polar surface area (TPSA) is 66.0 Å². The summed E-state index contributed by atoms with van der Waals surface area (Å²) in [7, 11) is 0. The van der Waals surface area contributed by atoms with Gasteiger partial charge in [-0.25, -0.2) is 4.98 Å². The molecule has 1 saturated carbocycles. The molecule has 0 amide bonds. The van der Waals surface area contributed by atoms with E-state index in [2.05, 4.69) is 38.5 Å². The van der Waals surface area contributed by atoms with Gasteiger partial charge in [-0.1, -0.05) is 31.4 Å². The number of nitriles is 1. The Bertz CT molecular complexity index is 949. The number of nitrogens with one attached hydrogen (secondary N) is 1. The highest BCUT2D eigenvalue weighted by Gasteiger charge is 2.19. The van der Waals surface area contributed by atoms with Gasteiger partial charge >= 0.3 is 0 Å². The maximum Gasteiger partial charge on any atom is 0.171 e. The van der Waals surface area contributed by atoms with E-state index in [0.717, 1.165) is 27.2 Å². The van der Waals surface area contributed by atoms with Gasteiger partial charge < -0.3 is 5.32 Å². The molecule has 1 aliphatic carbocycles. The quantitative estimate of drug-likeness (QED) is 0.656. The van der Waals surface area contributed by atoms with Crippen molar-refractivity contribution >= 4 is 27.4 Å². The molecule has 2 heterocycles. The minimum absolute atomic E-state index is 0.533. The molecular weight excluding hydrogens is 390 g/mol. The van der Waals surface area contributed by atoms with E-state index >= 15 is 0 Å². The van der Waals surface area contributed by atoms with E-state index in [4.69, 9.17) is 10.2 Å². The Kier molecular flexibility index (Phi) is 4.89. The predicted octanol–water partition coefficient (Wildman–Crippen LogP) is 5.02. The number of benzene rings is 1. The van der Waals surface area contributed by atoms with Crippen molar-refractivity contribution in [3.63, 3.8) is 0 Å². The highest BCUT2D eigenvalue weighted by atomic mass is 79.9. The van der Waals surface area contributed by atoms with Crippen LogP contribution in [0.4, 0.5) is 5.82 Å². The van der Waals surface area contributed by atoms with Gasteiger partial charge in [0.15, 0.2) is 5.65 Å². The molecule has 0 spiro atoms. The molecule has 132 valence electrons. The van der Waals surface area contributed by atoms with E-state index in [9.17, 15) is 0 Å². The first-order valence-electron chi connectivity index (χ1n) is 9.01. The van der Waals surface area contributed by atoms with Gasteiger partial charge in [0.2, 0.25) is 0 Å². The molecular formula is C20H20BrN5. The first kappa shape index (κ1) is 17.0. The van der Waals surface area contributed by atoms with E-state index in [1.165, 1.54) is 32.1 Å². The summed E-state index contributed by atoms with van der Waals surface area (Å²) < 4.78 is 2.76. The summed E-state index contributed by atoms with van der Waals surface area (Å²) in [6.07, 6.45) is 8.12. The van der Waals surface area contributed by atoms with Gasteiger partial charge in [-0.2, -0.15) is 14.9 Å². The SMILES string of the molecule is N#Cc1ccc(CNc2cc(C3CCCCC3)nc3c(Br)cnn23)cc1. The van der Waals surface area contributed by atoms with Crippen molar-refractivity contribution in [2.24, 2.45) is 0 Å². The number of anilines is 1. The zero-order valence-corrected chi connectivity index (χ0v) is 16.0. The van der Waals surface area contributed by atoms with Crippen LogP contribution in [0.15, 0.2) is 41.0 Å². The average molecular weight is 410 g/mol. The number of hydrogen-bond acceptors (Lipinski definition) is 4. The van der Waals surface area contributed by atoms with E-state index < -0.39 is 0 Å². The van der Waals surface area contributed by atoms with Crippen LogP contribution in [0.3, 0.4) is 0 Å². The number of hydrogen-bond donors (Lipinski definition) is 1. The number of fused-ring (bicyclic) bond motifs is 1. The second-order valence-corrected chi connectivity index (χ2v) is 7.65. The summed E-state index contributed by atoms with van der Waals surface area (Å²) in [5, 5.41) is 16.9. The Balaban J connectivity index is 1.63. The molecule has 0 atom stereocenters. The molecule has 1 aliphatic rings. The van der Waals surface area contributed by atoms with Gasteiger partial charge in [-0.3, -0.25) is 0 Å². The molecule has 26 heavy (non-hydrogen) atoms. The number of rotatable bonds is 4. The number of nitrogens with zero attached hydrogens (tertiary/aromatic N) is 4. The normalized spacial score (nSPS) is 15.1. The Hall–Kier alpha value is -2.39. The van der Waals surface area contributed by atoms with Crippen molar-refractivity contribution < 1.29 is 0 Å². The van der Waals surface area contributed by atoms with Crippen LogP contribution >= 0.6 is 15.9 Å². The van der Waals surface area contributed by atoms with Crippen molar-refractivity contribution in [1.82, 2.24) is 14.6 Å². The third-order valence-corrected chi connectivity index (χ3v) is 5.59. The van der Waals surface area contributed by atoms with Crippen molar-refractivity contribution in [1.29, 1.82) is 5.26 Å². The first-order valence-corrected chi connectivity index (χ1v) is 9.81. The van der Waals surface area contributed by atoms with E-state index in [1.54, 1.807) is 6.20 Å². The molecule has 0 saturated heterocycles. The zero-order valence-electron chi connectivity index (χ0n) is 14.5. The lowest BCUT2D eigenvalue weighted by Crippen LogP contribution is -2.11. The van der Waals surface area contributed by atoms with Gasteiger partial charge in [0, 0.05) is 24.2 Å². The Morgan fingerprint density at radius 1 is 1.19 bits per heavy atom. The molecule has 1 fully saturated rings. The third-order valence-electron chi connectivity index (χ3n) is 5.03. The molecule has 2 aromatic heterocycles. The van der Waals surface area contributed by atoms with Gasteiger partial charge in [0.05, 0.1) is 22.3 Å². The van der Waals surface area contributed by atoms with Crippen molar-refractivity contribution in [3.8, 4) is 6.07 Å². The van der Waals surface area contributed by atoms with Crippen LogP contribution in [0.5, 0.6) is 0 Å². The summed E-state index contributed by atoms with van der Waals surface area (Å²) >= 11 is 3.57. The number of halogens is 1. The minimum atomic E-state index is 0.533. The van der Waals surface area contributed by atoms with Crippen LogP contribution in [0.1, 0.15) is 54.8 Å². The fourth-order valence-electron chi connectivity index (χ4n) is 3.58. The number of aromatic nitrogens is 3. The monoisotopic (exact) mass is 409 g/mol. The van der Waals surface area contributed by atoms with Crippen LogP contribution in [0, 0.1) is 11.3 Å². The van der Waals surface area contributed by atoms with Crippen molar-refractivity contribution in [2.75, 3.05) is 5.32 Å². The standard InChI is InChI=1S/C20H20BrN5/c21-17-13-24-26-19(23-12-15-8-6-14(11-22)7-9-15)10-18(25-20(17)26)16-4-2-1-3-5-16/h6-10,13,16,23H,1-5,12H2. The molecule has 0 aliphatic heterocycles. The lowest BCUT2D eigenvalue weighted by Gasteiger charge is -2.22. The van der Waals surface area contributed by atoms with Crippen LogP contribution in [0.2, 0.25) is 0 Å². The molecule has 0 bridgehead atoms. The van der Waals surface area contributed by atoms with Crippen LogP contribution in [-0.2, 0) is 6.54 Å². The summed E-state index contributed by atoms with van der Waals surface area (Å²) in [6, 6.07) is 11.9. The second-order valence-electron chi connectivity index (χ2n) is 6.79. The molecule has 0 unspecified atom stereocenters. The largest absolute Gasteiger partial charge is 0.366 e. The molecule has 1 aromatic carbocycles. The molecule has 1 N–H and O–H groups in total. The highest BCUT2D eigenvalue weighted by Crippen LogP contribution is 2.33. The van der Waals surface area contributed by atoms with Gasteiger partial charge in [0.25, 0.3) is 0 Å². The predicted molar refractivity (Wildman–Crippen MR) is 105 cm³/mol. The molecule has 6 heteroatoms. The zero-order chi connectivity index (χ0) is 17.9. The summed E-state index contributed by atoms with van der Waals surface area (Å²) in [5.74, 6) is 1.48. The molecule has 5 nitrogen and oxygen atoms in total. The molecule has 0 radical (unpaired) electrons. The van der Waals surface area contributed by atoms with Crippen LogP contribution in [0.25, 0.3) is 5.65 Å². The molecule has 3 aromatic rings. The van der Waals surface area contributed by atoms with E-state index in [0.29, 0.717) is 18.0 Å². The molecule has 4 rings (SSSR count). The summed E-state index contributed by atoms with van der Waals surface area (Å²) in [4.78, 5) is 4.87. The average Bonchev–Trinajstić information content (AvgIpc) is 3.08. The first-order chi connectivity index (χ1) is 12.7. The van der Waals surface area contributed by atoms with Gasteiger partial charge in [-0.15, -0.1) is 0 Å². The van der Waals surface area contributed by atoms with Gasteiger partial charge in [0.1, 0.15) is 5.82 Å². The van der Waals surface area contributed by atoms with E-state index in [1.807, 2.05) is 28.8 Å². The smallest absolute Gasteiger partial charge is 0.171 e. The maximum atomic E-state index is 8.92. The fourth-order valence-corrected chi connectivity index (χ4v) is 3.93. The van der Waals surface area contributed by atoms with Gasteiger partial charge in [-0.05, 0) is 46.5 Å². The lowest BCUT2D eigenvalue weighted by molar-refractivity contribution is 0.437. The van der Waals surface area contributed by atoms with E-state index in [-0.39, 0.29) is 0 Å². The lowest BCUT2D eigenvalue weighted by atomic mass is 9.87. The Morgan fingerprint density at radius 2 is 1.96 bits per heavy atom. The summed E-state index contributed by atoms with van der Waals surface area (Å²) in [6.45, 7) is 0.673. The van der Waals surface area contributed by atoms with Crippen molar-refractivity contribution in [2.45, 2.75) is 44.6 Å².